The van der Waals surface area contributed by atoms with E-state index in [1.807, 2.05) is 0 Å². The van der Waals surface area contributed by atoms with Gasteiger partial charge in [-0.2, -0.15) is 0 Å². The molecule has 0 bridgehead atoms. The van der Waals surface area contributed by atoms with Crippen LogP contribution in [0.2, 0.25) is 0 Å². The minimum Gasteiger partial charge on any atom is -0.298 e. The molecular formula is C23H44N2. The first-order chi connectivity index (χ1) is 12.0. The average Bonchev–Trinajstić information content (AvgIpc) is 2.90. The molecule has 0 amide bonds. The molecule has 0 aromatic carbocycles. The highest BCUT2D eigenvalue weighted by molar-refractivity contribution is 5.17. The third kappa shape index (κ3) is 3.00. The first kappa shape index (κ1) is 19.7. The van der Waals surface area contributed by atoms with Gasteiger partial charge in [-0.3, -0.25) is 10.2 Å². The molecule has 3 fully saturated rings. The number of rotatable bonds is 6. The Hall–Kier alpha value is -0.0800. The maximum absolute atomic E-state index is 4.21. The molecule has 146 valence electrons. The van der Waals surface area contributed by atoms with E-state index in [9.17, 15) is 0 Å². The van der Waals surface area contributed by atoms with Gasteiger partial charge < -0.3 is 0 Å². The van der Waals surface area contributed by atoms with Crippen molar-refractivity contribution in [3.8, 4) is 0 Å². The maximum atomic E-state index is 4.21. The van der Waals surface area contributed by atoms with Gasteiger partial charge in [0.25, 0.3) is 0 Å². The highest BCUT2D eigenvalue weighted by Gasteiger charge is 2.64. The molecule has 2 aliphatic heterocycles. The molecular weight excluding hydrogens is 304 g/mol. The lowest BCUT2D eigenvalue weighted by Crippen LogP contribution is -2.83. The Kier molecular flexibility index (Phi) is 5.91. The van der Waals surface area contributed by atoms with Gasteiger partial charge in [0.05, 0.1) is 5.66 Å². The quantitative estimate of drug-likeness (QED) is 0.595. The zero-order valence-corrected chi connectivity index (χ0v) is 17.8. The SMILES string of the molecule is CCCC1(C)CN2C1CCNC2(C1CCCCCC1)C(C)(CC)CC. The van der Waals surface area contributed by atoms with E-state index in [1.54, 1.807) is 0 Å². The molecule has 1 saturated carbocycles. The molecule has 3 atom stereocenters. The van der Waals surface area contributed by atoms with Crippen LogP contribution >= 0.6 is 0 Å². The number of nitrogens with zero attached hydrogens (tertiary/aromatic N) is 1. The molecule has 0 radical (unpaired) electrons. The Morgan fingerprint density at radius 1 is 1.00 bits per heavy atom. The second kappa shape index (κ2) is 7.50. The number of hydrogen-bond donors (Lipinski definition) is 1. The topological polar surface area (TPSA) is 15.3 Å². The van der Waals surface area contributed by atoms with Crippen LogP contribution in [0.1, 0.15) is 105 Å². The summed E-state index contributed by atoms with van der Waals surface area (Å²) in [6, 6.07) is 0.814. The Morgan fingerprint density at radius 3 is 2.20 bits per heavy atom. The van der Waals surface area contributed by atoms with Crippen LogP contribution < -0.4 is 5.32 Å². The molecule has 0 aromatic heterocycles. The van der Waals surface area contributed by atoms with Crippen molar-refractivity contribution in [3.63, 3.8) is 0 Å². The van der Waals surface area contributed by atoms with Crippen LogP contribution in [-0.4, -0.2) is 29.7 Å². The predicted molar refractivity (Wildman–Crippen MR) is 109 cm³/mol. The van der Waals surface area contributed by atoms with Crippen molar-refractivity contribution < 1.29 is 0 Å². The summed E-state index contributed by atoms with van der Waals surface area (Å²) in [6.45, 7) is 15.0. The van der Waals surface area contributed by atoms with Gasteiger partial charge in [0, 0.05) is 12.6 Å². The van der Waals surface area contributed by atoms with Crippen molar-refractivity contribution in [2.75, 3.05) is 13.1 Å². The van der Waals surface area contributed by atoms with Gasteiger partial charge in [0.2, 0.25) is 0 Å². The fourth-order valence-corrected chi connectivity index (χ4v) is 6.98. The normalized spacial score (nSPS) is 38.0. The fraction of sp³-hybridized carbons (Fsp3) is 1.00. The van der Waals surface area contributed by atoms with Gasteiger partial charge in [0.15, 0.2) is 0 Å². The molecule has 1 aliphatic carbocycles. The molecule has 3 unspecified atom stereocenters. The average molecular weight is 349 g/mol. The smallest absolute Gasteiger partial charge is 0.0799 e. The standard InChI is InChI=1S/C23H44N2/c1-6-16-21(4)18-25-20(21)15-17-24-23(25,22(5,7-2)8-3)19-13-11-9-10-12-14-19/h19-20,24H,6-18H2,1-5H3. The minimum atomic E-state index is 0.247. The van der Waals surface area contributed by atoms with E-state index in [0.717, 1.165) is 12.0 Å². The highest BCUT2D eigenvalue weighted by atomic mass is 15.4. The van der Waals surface area contributed by atoms with E-state index in [1.165, 1.54) is 83.7 Å². The molecule has 0 spiro atoms. The maximum Gasteiger partial charge on any atom is 0.0799 e. The second-order valence-corrected chi connectivity index (χ2v) is 9.99. The van der Waals surface area contributed by atoms with E-state index in [0.29, 0.717) is 10.8 Å². The summed E-state index contributed by atoms with van der Waals surface area (Å²) in [5.41, 5.74) is 1.19. The molecule has 2 heterocycles. The van der Waals surface area contributed by atoms with E-state index < -0.39 is 0 Å². The lowest BCUT2D eigenvalue weighted by Gasteiger charge is -2.72. The Morgan fingerprint density at radius 2 is 1.64 bits per heavy atom. The van der Waals surface area contributed by atoms with E-state index in [2.05, 4.69) is 44.8 Å². The molecule has 25 heavy (non-hydrogen) atoms. The van der Waals surface area contributed by atoms with Crippen LogP contribution in [0.5, 0.6) is 0 Å². The largest absolute Gasteiger partial charge is 0.298 e. The number of fused-ring (bicyclic) bond motifs is 1. The van der Waals surface area contributed by atoms with Gasteiger partial charge in [-0.1, -0.05) is 66.7 Å². The Balaban J connectivity index is 1.97. The van der Waals surface area contributed by atoms with Crippen LogP contribution in [0.25, 0.3) is 0 Å². The summed E-state index contributed by atoms with van der Waals surface area (Å²) >= 11 is 0. The lowest BCUT2D eigenvalue weighted by molar-refractivity contribution is -0.234. The predicted octanol–water partition coefficient (Wildman–Crippen LogP) is 5.96. The summed E-state index contributed by atoms with van der Waals surface area (Å²) in [5, 5.41) is 4.21. The van der Waals surface area contributed by atoms with Gasteiger partial charge in [-0.25, -0.2) is 0 Å². The highest BCUT2D eigenvalue weighted by Crippen LogP contribution is 2.58. The fourth-order valence-electron chi connectivity index (χ4n) is 6.98. The molecule has 3 aliphatic rings. The monoisotopic (exact) mass is 348 g/mol. The van der Waals surface area contributed by atoms with Crippen molar-refractivity contribution >= 4 is 0 Å². The molecule has 2 nitrogen and oxygen atoms in total. The second-order valence-electron chi connectivity index (χ2n) is 9.99. The minimum absolute atomic E-state index is 0.247. The van der Waals surface area contributed by atoms with Gasteiger partial charge in [0.1, 0.15) is 0 Å². The van der Waals surface area contributed by atoms with Crippen LogP contribution in [0, 0.1) is 16.7 Å². The van der Waals surface area contributed by atoms with Crippen LogP contribution in [0.15, 0.2) is 0 Å². The molecule has 2 saturated heterocycles. The Labute approximate surface area is 157 Å². The molecule has 1 N–H and O–H groups in total. The zero-order valence-electron chi connectivity index (χ0n) is 17.8. The molecule has 2 heteroatoms. The molecule has 0 aromatic rings. The van der Waals surface area contributed by atoms with Crippen molar-refractivity contribution in [2.24, 2.45) is 16.7 Å². The van der Waals surface area contributed by atoms with Crippen molar-refractivity contribution in [1.29, 1.82) is 0 Å². The third-order valence-electron chi connectivity index (χ3n) is 8.73. The van der Waals surface area contributed by atoms with Crippen molar-refractivity contribution in [2.45, 2.75) is 117 Å². The first-order valence-electron chi connectivity index (χ1n) is 11.5. The van der Waals surface area contributed by atoms with Gasteiger partial charge in [-0.15, -0.1) is 0 Å². The van der Waals surface area contributed by atoms with E-state index in [4.69, 9.17) is 0 Å². The van der Waals surface area contributed by atoms with Crippen LogP contribution in [0.3, 0.4) is 0 Å². The van der Waals surface area contributed by atoms with E-state index in [-0.39, 0.29) is 5.66 Å². The van der Waals surface area contributed by atoms with Gasteiger partial charge in [-0.05, 0) is 61.8 Å². The van der Waals surface area contributed by atoms with Crippen LogP contribution in [0.4, 0.5) is 0 Å². The van der Waals surface area contributed by atoms with E-state index >= 15 is 0 Å². The third-order valence-corrected chi connectivity index (χ3v) is 8.73. The van der Waals surface area contributed by atoms with Crippen molar-refractivity contribution in [1.82, 2.24) is 10.2 Å². The summed E-state index contributed by atoms with van der Waals surface area (Å²) in [4.78, 5) is 3.00. The molecule has 3 rings (SSSR count). The summed E-state index contributed by atoms with van der Waals surface area (Å²) in [7, 11) is 0. The number of nitrogens with one attached hydrogen (secondary N) is 1. The lowest BCUT2D eigenvalue weighted by atomic mass is 9.57. The van der Waals surface area contributed by atoms with Crippen molar-refractivity contribution in [3.05, 3.63) is 0 Å². The number of hydrogen-bond acceptors (Lipinski definition) is 2. The summed E-state index contributed by atoms with van der Waals surface area (Å²) < 4.78 is 0. The Bertz CT molecular complexity index is 435. The summed E-state index contributed by atoms with van der Waals surface area (Å²) in [6.07, 6.45) is 15.4. The van der Waals surface area contributed by atoms with Gasteiger partial charge >= 0.3 is 0 Å². The summed E-state index contributed by atoms with van der Waals surface area (Å²) in [5.74, 6) is 0.842. The van der Waals surface area contributed by atoms with Crippen LogP contribution in [-0.2, 0) is 0 Å². The zero-order chi connectivity index (χ0) is 18.1. The first-order valence-corrected chi connectivity index (χ1v) is 11.5.